The van der Waals surface area contributed by atoms with Crippen LogP contribution in [0.5, 0.6) is 5.75 Å². The van der Waals surface area contributed by atoms with Crippen molar-refractivity contribution in [1.82, 2.24) is 0 Å². The fourth-order valence-electron chi connectivity index (χ4n) is 1.44. The van der Waals surface area contributed by atoms with Gasteiger partial charge in [-0.15, -0.1) is 0 Å². The van der Waals surface area contributed by atoms with Crippen molar-refractivity contribution in [2.24, 2.45) is 0 Å². The Hall–Kier alpha value is -1.77. The quantitative estimate of drug-likeness (QED) is 0.608. The highest BCUT2D eigenvalue weighted by Gasteiger charge is 2.13. The van der Waals surface area contributed by atoms with E-state index in [-0.39, 0.29) is 5.97 Å². The molecule has 1 rings (SSSR count). The van der Waals surface area contributed by atoms with Crippen LogP contribution in [0.3, 0.4) is 0 Å². The highest BCUT2D eigenvalue weighted by atomic mass is 16.6. The van der Waals surface area contributed by atoms with Crippen molar-refractivity contribution in [1.29, 1.82) is 0 Å². The van der Waals surface area contributed by atoms with E-state index in [1.807, 2.05) is 45.9 Å². The summed E-state index contributed by atoms with van der Waals surface area (Å²) < 4.78 is 10.4. The number of benzene rings is 1. The van der Waals surface area contributed by atoms with Crippen molar-refractivity contribution in [2.45, 2.75) is 33.3 Å². The van der Waals surface area contributed by atoms with Gasteiger partial charge in [0.2, 0.25) is 0 Å². The maximum Gasteiger partial charge on any atom is 0.331 e. The van der Waals surface area contributed by atoms with Crippen molar-refractivity contribution < 1.29 is 14.3 Å². The van der Waals surface area contributed by atoms with Crippen LogP contribution in [0.15, 0.2) is 24.3 Å². The lowest BCUT2D eigenvalue weighted by Crippen LogP contribution is -2.22. The molecule has 18 heavy (non-hydrogen) atoms. The van der Waals surface area contributed by atoms with Crippen LogP contribution in [0.25, 0.3) is 6.08 Å². The fraction of sp³-hybridized carbons (Fsp3) is 0.400. The Morgan fingerprint density at radius 2 is 1.94 bits per heavy atom. The van der Waals surface area contributed by atoms with Crippen LogP contribution in [0.2, 0.25) is 0 Å². The van der Waals surface area contributed by atoms with Gasteiger partial charge >= 0.3 is 5.97 Å². The monoisotopic (exact) mass is 248 g/mol. The summed E-state index contributed by atoms with van der Waals surface area (Å²) >= 11 is 0. The molecule has 0 N–H and O–H groups in total. The van der Waals surface area contributed by atoms with Gasteiger partial charge in [-0.1, -0.05) is 12.1 Å². The molecule has 0 spiro atoms. The van der Waals surface area contributed by atoms with E-state index in [1.54, 1.807) is 13.2 Å². The summed E-state index contributed by atoms with van der Waals surface area (Å²) in [6.07, 6.45) is 3.14. The summed E-state index contributed by atoms with van der Waals surface area (Å²) in [5, 5.41) is 0. The molecule has 0 aromatic heterocycles. The minimum absolute atomic E-state index is 0.345. The van der Waals surface area contributed by atoms with Crippen LogP contribution in [0, 0.1) is 6.92 Å². The van der Waals surface area contributed by atoms with Crippen molar-refractivity contribution in [2.75, 3.05) is 7.11 Å². The van der Waals surface area contributed by atoms with E-state index in [2.05, 4.69) is 0 Å². The van der Waals surface area contributed by atoms with Gasteiger partial charge in [0.1, 0.15) is 11.4 Å². The van der Waals surface area contributed by atoms with Crippen molar-refractivity contribution in [3.63, 3.8) is 0 Å². The summed E-state index contributed by atoms with van der Waals surface area (Å²) in [5.74, 6) is 0.461. The first-order valence-corrected chi connectivity index (χ1v) is 5.87. The average Bonchev–Trinajstić information content (AvgIpc) is 2.25. The van der Waals surface area contributed by atoms with Gasteiger partial charge in [-0.2, -0.15) is 0 Å². The van der Waals surface area contributed by atoms with Gasteiger partial charge in [0, 0.05) is 6.08 Å². The lowest BCUT2D eigenvalue weighted by molar-refractivity contribution is -0.148. The normalized spacial score (nSPS) is 11.6. The van der Waals surface area contributed by atoms with Gasteiger partial charge in [0.15, 0.2) is 0 Å². The molecule has 3 nitrogen and oxygen atoms in total. The van der Waals surface area contributed by atoms with E-state index in [9.17, 15) is 4.79 Å². The molecule has 0 radical (unpaired) electrons. The topological polar surface area (TPSA) is 35.5 Å². The molecule has 0 saturated heterocycles. The molecule has 0 heterocycles. The summed E-state index contributed by atoms with van der Waals surface area (Å²) in [7, 11) is 1.63. The molecule has 0 amide bonds. The van der Waals surface area contributed by atoms with Crippen LogP contribution in [-0.4, -0.2) is 18.7 Å². The number of aryl methyl sites for hydroxylation is 1. The van der Waals surface area contributed by atoms with Gasteiger partial charge in [-0.3, -0.25) is 0 Å². The summed E-state index contributed by atoms with van der Waals surface area (Å²) in [6.45, 7) is 7.50. The van der Waals surface area contributed by atoms with Crippen molar-refractivity contribution in [3.8, 4) is 5.75 Å². The average molecular weight is 248 g/mol. The highest BCUT2D eigenvalue weighted by Crippen LogP contribution is 2.19. The maximum atomic E-state index is 11.5. The van der Waals surface area contributed by atoms with E-state index in [0.717, 1.165) is 16.9 Å². The first-order valence-electron chi connectivity index (χ1n) is 5.87. The minimum atomic E-state index is -0.466. The second-order valence-electron chi connectivity index (χ2n) is 5.10. The first kappa shape index (κ1) is 14.3. The number of rotatable bonds is 3. The number of ether oxygens (including phenoxy) is 2. The Kier molecular flexibility index (Phi) is 4.54. The Balaban J connectivity index is 2.76. The summed E-state index contributed by atoms with van der Waals surface area (Å²) in [6, 6.07) is 5.77. The van der Waals surface area contributed by atoms with Crippen LogP contribution in [-0.2, 0) is 9.53 Å². The lowest BCUT2D eigenvalue weighted by Gasteiger charge is -2.17. The van der Waals surface area contributed by atoms with E-state index >= 15 is 0 Å². The molecule has 0 bridgehead atoms. The first-order chi connectivity index (χ1) is 8.31. The van der Waals surface area contributed by atoms with E-state index in [4.69, 9.17) is 9.47 Å². The summed E-state index contributed by atoms with van der Waals surface area (Å²) in [4.78, 5) is 11.5. The smallest absolute Gasteiger partial charge is 0.331 e. The Bertz CT molecular complexity index is 453. The predicted molar refractivity (Wildman–Crippen MR) is 72.6 cm³/mol. The van der Waals surface area contributed by atoms with Crippen molar-refractivity contribution in [3.05, 3.63) is 35.4 Å². The molecular formula is C15H20O3. The van der Waals surface area contributed by atoms with Gasteiger partial charge in [-0.25, -0.2) is 4.79 Å². The second-order valence-corrected chi connectivity index (χ2v) is 5.10. The molecule has 0 unspecified atom stereocenters. The molecule has 98 valence electrons. The number of carbonyl (C=O) groups is 1. The largest absolute Gasteiger partial charge is 0.496 e. The van der Waals surface area contributed by atoms with Gasteiger partial charge < -0.3 is 9.47 Å². The van der Waals surface area contributed by atoms with E-state index in [0.29, 0.717) is 0 Å². The molecule has 0 fully saturated rings. The Morgan fingerprint density at radius 1 is 1.28 bits per heavy atom. The van der Waals surface area contributed by atoms with Gasteiger partial charge in [0.05, 0.1) is 7.11 Å². The number of carbonyl (C=O) groups excluding carboxylic acids is 1. The molecule has 1 aromatic rings. The number of hydrogen-bond donors (Lipinski definition) is 0. The molecule has 0 saturated carbocycles. The zero-order valence-electron chi connectivity index (χ0n) is 11.6. The fourth-order valence-corrected chi connectivity index (χ4v) is 1.44. The maximum absolute atomic E-state index is 11.5. The molecule has 1 aromatic carbocycles. The highest BCUT2D eigenvalue weighted by molar-refractivity contribution is 5.87. The standard InChI is InChI=1S/C15H20O3/c1-11-6-7-12(10-13(11)17-5)8-9-14(16)18-15(2,3)4/h6-10H,1-5H3. The molecule has 0 aliphatic carbocycles. The van der Waals surface area contributed by atoms with Gasteiger partial charge in [-0.05, 0) is 51.0 Å². The zero-order chi connectivity index (χ0) is 13.8. The third-order valence-corrected chi connectivity index (χ3v) is 2.25. The van der Waals surface area contributed by atoms with E-state index in [1.165, 1.54) is 6.08 Å². The molecule has 0 aliphatic rings. The Morgan fingerprint density at radius 3 is 2.50 bits per heavy atom. The van der Waals surface area contributed by atoms with Crippen LogP contribution in [0.4, 0.5) is 0 Å². The second kappa shape index (κ2) is 5.71. The van der Waals surface area contributed by atoms with Crippen LogP contribution >= 0.6 is 0 Å². The lowest BCUT2D eigenvalue weighted by atomic mass is 10.1. The Labute approximate surface area is 108 Å². The SMILES string of the molecule is COc1cc(C=CC(=O)OC(C)(C)C)ccc1C. The van der Waals surface area contributed by atoms with Crippen LogP contribution < -0.4 is 4.74 Å². The van der Waals surface area contributed by atoms with Crippen LogP contribution in [0.1, 0.15) is 31.9 Å². The molecular weight excluding hydrogens is 228 g/mol. The summed E-state index contributed by atoms with van der Waals surface area (Å²) in [5.41, 5.74) is 1.50. The molecule has 0 atom stereocenters. The number of hydrogen-bond acceptors (Lipinski definition) is 3. The number of esters is 1. The predicted octanol–water partition coefficient (Wildman–Crippen LogP) is 3.36. The number of methoxy groups -OCH3 is 1. The molecule has 0 aliphatic heterocycles. The van der Waals surface area contributed by atoms with E-state index < -0.39 is 5.60 Å². The molecule has 3 heteroatoms. The third kappa shape index (κ3) is 4.62. The zero-order valence-corrected chi connectivity index (χ0v) is 11.6. The third-order valence-electron chi connectivity index (χ3n) is 2.25. The minimum Gasteiger partial charge on any atom is -0.496 e. The van der Waals surface area contributed by atoms with Crippen molar-refractivity contribution >= 4 is 12.0 Å². The van der Waals surface area contributed by atoms with Gasteiger partial charge in [0.25, 0.3) is 0 Å².